The molecular formula is C22H22N2O10. The molecule has 2 aromatic carbocycles. The van der Waals surface area contributed by atoms with Gasteiger partial charge in [0, 0.05) is 37.1 Å². The van der Waals surface area contributed by atoms with Gasteiger partial charge in [-0.2, -0.15) is 0 Å². The summed E-state index contributed by atoms with van der Waals surface area (Å²) in [6.45, 7) is 1.79. The fourth-order valence-corrected chi connectivity index (χ4v) is 3.38. The summed E-state index contributed by atoms with van der Waals surface area (Å²) in [5.74, 6) is -0.871. The molecule has 2 aliphatic rings. The van der Waals surface area contributed by atoms with Crippen LogP contribution in [0, 0.1) is 20.2 Å². The molecule has 4 rings (SSSR count). The number of non-ortho nitro benzene ring substituents is 2. The number of hydrogen-bond donors (Lipinski definition) is 1. The first-order valence-corrected chi connectivity index (χ1v) is 9.73. The number of carbonyl (C=O) groups excluding carboxylic acids is 2. The van der Waals surface area contributed by atoms with E-state index in [1.165, 1.54) is 30.3 Å². The number of hydrogen-bond acceptors (Lipinski definition) is 9. The second-order valence-electron chi connectivity index (χ2n) is 7.40. The molecular weight excluding hydrogens is 452 g/mol. The molecule has 12 heteroatoms. The summed E-state index contributed by atoms with van der Waals surface area (Å²) in [7, 11) is 0. The van der Waals surface area contributed by atoms with Crippen LogP contribution in [0.3, 0.4) is 0 Å². The number of benzene rings is 2. The van der Waals surface area contributed by atoms with Crippen LogP contribution in [-0.2, 0) is 4.79 Å². The van der Waals surface area contributed by atoms with Gasteiger partial charge in [0.25, 0.3) is 11.4 Å². The molecule has 0 aliphatic carbocycles. The molecule has 0 aromatic heterocycles. The number of Topliss-reactive ketones (excluding diaryl/α,β-unsaturated/α-hetero) is 2. The molecule has 34 heavy (non-hydrogen) atoms. The van der Waals surface area contributed by atoms with Gasteiger partial charge >= 0.3 is 5.97 Å². The second kappa shape index (κ2) is 10.5. The molecule has 2 atom stereocenters. The largest absolute Gasteiger partial charge is 0.489 e. The van der Waals surface area contributed by atoms with E-state index in [1.54, 1.807) is 6.92 Å². The minimum Gasteiger partial charge on any atom is -0.489 e. The monoisotopic (exact) mass is 474 g/mol. The van der Waals surface area contributed by atoms with Crippen LogP contribution in [-0.4, -0.2) is 44.7 Å². The number of ketones is 2. The van der Waals surface area contributed by atoms with Crippen LogP contribution < -0.4 is 9.47 Å². The number of nitro benzene ring substituents is 2. The van der Waals surface area contributed by atoms with Gasteiger partial charge in [0.2, 0.25) is 0 Å². The first-order valence-electron chi connectivity index (χ1n) is 9.73. The van der Waals surface area contributed by atoms with Gasteiger partial charge in [-0.25, -0.2) is 0 Å². The maximum Gasteiger partial charge on any atom is 0.307 e. The average molecular weight is 474 g/mol. The number of fused-ring (bicyclic) bond motifs is 2. The van der Waals surface area contributed by atoms with Crippen molar-refractivity contribution in [2.24, 2.45) is 0 Å². The lowest BCUT2D eigenvalue weighted by Crippen LogP contribution is -2.29. The van der Waals surface area contributed by atoms with Gasteiger partial charge in [-0.15, -0.1) is 0 Å². The maximum atomic E-state index is 11.8. The zero-order valence-corrected chi connectivity index (χ0v) is 17.3. The van der Waals surface area contributed by atoms with Crippen LogP contribution >= 0.6 is 0 Å². The number of ether oxygens (including phenoxy) is 2. The molecule has 2 aromatic rings. The lowest BCUT2D eigenvalue weighted by molar-refractivity contribution is -0.385. The molecule has 0 saturated carbocycles. The minimum atomic E-state index is -1.06. The quantitative estimate of drug-likeness (QED) is 0.503. The van der Waals surface area contributed by atoms with E-state index in [1.807, 2.05) is 0 Å². The molecule has 12 nitrogen and oxygen atoms in total. The molecule has 0 spiro atoms. The van der Waals surface area contributed by atoms with Crippen molar-refractivity contribution >= 4 is 28.9 Å². The highest BCUT2D eigenvalue weighted by molar-refractivity contribution is 6.01. The number of rotatable bonds is 4. The van der Waals surface area contributed by atoms with E-state index in [4.69, 9.17) is 14.6 Å². The van der Waals surface area contributed by atoms with Crippen molar-refractivity contribution in [2.45, 2.75) is 45.8 Å². The van der Waals surface area contributed by atoms with E-state index in [0.29, 0.717) is 11.3 Å². The second-order valence-corrected chi connectivity index (χ2v) is 7.40. The van der Waals surface area contributed by atoms with Gasteiger partial charge in [-0.05, 0) is 19.1 Å². The third-order valence-corrected chi connectivity index (χ3v) is 4.86. The van der Waals surface area contributed by atoms with E-state index in [0.717, 1.165) is 6.07 Å². The van der Waals surface area contributed by atoms with Gasteiger partial charge in [0.05, 0.1) is 27.4 Å². The van der Waals surface area contributed by atoms with Crippen molar-refractivity contribution in [2.75, 3.05) is 0 Å². The molecule has 0 fully saturated rings. The summed E-state index contributed by atoms with van der Waals surface area (Å²) >= 11 is 0. The highest BCUT2D eigenvalue weighted by Crippen LogP contribution is 2.32. The fourth-order valence-electron chi connectivity index (χ4n) is 3.38. The summed E-state index contributed by atoms with van der Waals surface area (Å²) in [5, 5.41) is 29.7. The van der Waals surface area contributed by atoms with E-state index < -0.39 is 21.9 Å². The van der Waals surface area contributed by atoms with Crippen molar-refractivity contribution in [1.29, 1.82) is 0 Å². The topological polar surface area (TPSA) is 176 Å². The molecule has 2 unspecified atom stereocenters. The molecule has 0 saturated heterocycles. The molecule has 1 N–H and O–H groups in total. The highest BCUT2D eigenvalue weighted by atomic mass is 16.6. The van der Waals surface area contributed by atoms with Crippen LogP contribution in [0.5, 0.6) is 11.5 Å². The number of carboxylic acids is 1. The first kappa shape index (κ1) is 25.9. The van der Waals surface area contributed by atoms with E-state index >= 15 is 0 Å². The van der Waals surface area contributed by atoms with E-state index in [2.05, 4.69) is 0 Å². The summed E-state index contributed by atoms with van der Waals surface area (Å²) in [5.41, 5.74) is 0.163. The lowest BCUT2D eigenvalue weighted by Gasteiger charge is -2.23. The number of carbonyl (C=O) groups is 3. The number of carboxylic acid groups (broad SMARTS) is 1. The van der Waals surface area contributed by atoms with Crippen LogP contribution in [0.15, 0.2) is 36.4 Å². The Labute approximate surface area is 193 Å². The molecule has 2 aliphatic heterocycles. The number of nitrogens with zero attached hydrogens (tertiary/aromatic N) is 2. The van der Waals surface area contributed by atoms with Crippen LogP contribution in [0.25, 0.3) is 0 Å². The Morgan fingerprint density at radius 1 is 0.941 bits per heavy atom. The maximum absolute atomic E-state index is 11.8. The van der Waals surface area contributed by atoms with Crippen LogP contribution in [0.2, 0.25) is 0 Å². The molecule has 180 valence electrons. The molecule has 2 heterocycles. The predicted octanol–water partition coefficient (Wildman–Crippen LogP) is 3.99. The zero-order valence-electron chi connectivity index (χ0n) is 17.3. The third-order valence-electron chi connectivity index (χ3n) is 4.86. The standard InChI is InChI=1S/C11H9NO6.C10H9NO4.CH4/c13-9-4-7(5-11(14)15)18-10-2-1-6(12(16)17)3-8(9)10;1-6-4-9(12)8-5-7(11(13)14)2-3-10(8)15-6;/h1-3,7H,4-5H2,(H,14,15);2-3,5-6H,4H2,1H3;1H4. The van der Waals surface area contributed by atoms with Gasteiger partial charge in [0.15, 0.2) is 11.6 Å². The van der Waals surface area contributed by atoms with Gasteiger partial charge in [-0.3, -0.25) is 34.6 Å². The minimum absolute atomic E-state index is 0. The Balaban J connectivity index is 0.000000237. The Morgan fingerprint density at radius 2 is 1.41 bits per heavy atom. The third kappa shape index (κ3) is 5.91. The predicted molar refractivity (Wildman–Crippen MR) is 118 cm³/mol. The Morgan fingerprint density at radius 3 is 1.88 bits per heavy atom. The van der Waals surface area contributed by atoms with Crippen molar-refractivity contribution in [1.82, 2.24) is 0 Å². The Bertz CT molecular complexity index is 1160. The molecule has 0 amide bonds. The SMILES string of the molecule is C.CC1CC(=O)c2cc([N+](=O)[O-])ccc2O1.O=C(O)CC1CC(=O)c2cc([N+](=O)[O-])ccc2O1. The fraction of sp³-hybridized carbons (Fsp3) is 0.318. The van der Waals surface area contributed by atoms with Crippen molar-refractivity contribution in [3.05, 3.63) is 67.8 Å². The Kier molecular flexibility index (Phi) is 8.01. The summed E-state index contributed by atoms with van der Waals surface area (Å²) in [6, 6.07) is 7.76. The van der Waals surface area contributed by atoms with Crippen LogP contribution in [0.1, 0.15) is 54.3 Å². The van der Waals surface area contributed by atoms with Crippen LogP contribution in [0.4, 0.5) is 11.4 Å². The first-order chi connectivity index (χ1) is 15.5. The summed E-state index contributed by atoms with van der Waals surface area (Å²) in [4.78, 5) is 53.8. The summed E-state index contributed by atoms with van der Waals surface area (Å²) < 4.78 is 10.7. The van der Waals surface area contributed by atoms with Crippen molar-refractivity contribution < 1.29 is 38.8 Å². The Hall–Kier alpha value is -4.35. The van der Waals surface area contributed by atoms with Gasteiger partial charge in [-0.1, -0.05) is 7.43 Å². The highest BCUT2D eigenvalue weighted by Gasteiger charge is 2.29. The van der Waals surface area contributed by atoms with Gasteiger partial charge < -0.3 is 14.6 Å². The normalized spacial score (nSPS) is 17.9. The van der Waals surface area contributed by atoms with Crippen molar-refractivity contribution in [3.8, 4) is 11.5 Å². The zero-order chi connectivity index (χ0) is 24.3. The number of nitro groups is 2. The van der Waals surface area contributed by atoms with Gasteiger partial charge in [0.1, 0.15) is 23.7 Å². The number of aliphatic carboxylic acids is 1. The van der Waals surface area contributed by atoms with E-state index in [9.17, 15) is 34.6 Å². The average Bonchev–Trinajstić information content (AvgIpc) is 2.73. The lowest BCUT2D eigenvalue weighted by atomic mass is 9.98. The summed E-state index contributed by atoms with van der Waals surface area (Å²) in [6.07, 6.45) is -0.966. The van der Waals surface area contributed by atoms with E-state index in [-0.39, 0.29) is 67.0 Å². The van der Waals surface area contributed by atoms with Crippen molar-refractivity contribution in [3.63, 3.8) is 0 Å². The molecule has 0 radical (unpaired) electrons. The smallest absolute Gasteiger partial charge is 0.307 e. The molecule has 0 bridgehead atoms.